The van der Waals surface area contributed by atoms with E-state index in [2.05, 4.69) is 15.3 Å². The van der Waals surface area contributed by atoms with E-state index in [1.54, 1.807) is 0 Å². The molecule has 1 rings (SSSR count). The van der Waals surface area contributed by atoms with E-state index in [0.717, 1.165) is 0 Å². The largest absolute Gasteiger partial charge is 0.455 e. The second-order valence-electron chi connectivity index (χ2n) is 5.32. The quantitative estimate of drug-likeness (QED) is 0.478. The molecular formula is C13H20BN3O3S. The van der Waals surface area contributed by atoms with Gasteiger partial charge in [-0.2, -0.15) is 0 Å². The SMILES string of the molecule is CC(C)C[C@H](CC(=O)CNC(=S)c1cnccn1)B(O)O. The third-order valence-electron chi connectivity index (χ3n) is 2.93. The molecule has 0 aliphatic carbocycles. The van der Waals surface area contributed by atoms with E-state index in [9.17, 15) is 14.8 Å². The lowest BCUT2D eigenvalue weighted by atomic mass is 9.66. The summed E-state index contributed by atoms with van der Waals surface area (Å²) in [6.07, 6.45) is 5.26. The highest BCUT2D eigenvalue weighted by Crippen LogP contribution is 2.22. The fraction of sp³-hybridized carbons (Fsp3) is 0.538. The monoisotopic (exact) mass is 309 g/mol. The van der Waals surface area contributed by atoms with Crippen LogP contribution in [0.2, 0.25) is 5.82 Å². The third kappa shape index (κ3) is 6.75. The van der Waals surface area contributed by atoms with Crippen LogP contribution >= 0.6 is 12.2 Å². The van der Waals surface area contributed by atoms with Gasteiger partial charge in [-0.3, -0.25) is 14.8 Å². The molecule has 0 saturated heterocycles. The first-order valence-electron chi connectivity index (χ1n) is 6.82. The maximum Gasteiger partial charge on any atom is 0.455 e. The second kappa shape index (κ2) is 8.81. The number of hydrogen-bond acceptors (Lipinski definition) is 6. The van der Waals surface area contributed by atoms with Crippen LogP contribution in [0.4, 0.5) is 0 Å². The molecule has 0 saturated carbocycles. The van der Waals surface area contributed by atoms with Crippen molar-refractivity contribution in [2.45, 2.75) is 32.5 Å². The van der Waals surface area contributed by atoms with E-state index in [1.165, 1.54) is 18.6 Å². The van der Waals surface area contributed by atoms with Gasteiger partial charge in [0.25, 0.3) is 0 Å². The van der Waals surface area contributed by atoms with Crippen molar-refractivity contribution in [3.8, 4) is 0 Å². The number of thiocarbonyl (C=S) groups is 1. The summed E-state index contributed by atoms with van der Waals surface area (Å²) in [5.74, 6) is -0.289. The number of carbonyl (C=O) groups excluding carboxylic acids is 1. The van der Waals surface area contributed by atoms with Crippen molar-refractivity contribution in [2.24, 2.45) is 5.92 Å². The van der Waals surface area contributed by atoms with Gasteiger partial charge in [0.1, 0.15) is 10.7 Å². The average Bonchev–Trinajstić information content (AvgIpc) is 2.44. The summed E-state index contributed by atoms with van der Waals surface area (Å²) in [5.41, 5.74) is 0.501. The normalized spacial score (nSPS) is 12.0. The fourth-order valence-corrected chi connectivity index (χ4v) is 2.14. The van der Waals surface area contributed by atoms with Crippen LogP contribution in [0.5, 0.6) is 0 Å². The molecule has 6 nitrogen and oxygen atoms in total. The zero-order valence-electron chi connectivity index (χ0n) is 12.2. The van der Waals surface area contributed by atoms with Crippen LogP contribution in [0.1, 0.15) is 32.4 Å². The molecule has 0 fully saturated rings. The summed E-state index contributed by atoms with van der Waals surface area (Å²) in [6, 6.07) is 0. The van der Waals surface area contributed by atoms with Gasteiger partial charge in [0, 0.05) is 24.6 Å². The van der Waals surface area contributed by atoms with Gasteiger partial charge in [0.15, 0.2) is 5.78 Å². The van der Waals surface area contributed by atoms with E-state index in [4.69, 9.17) is 12.2 Å². The molecule has 0 unspecified atom stereocenters. The number of aromatic nitrogens is 2. The van der Waals surface area contributed by atoms with Gasteiger partial charge in [-0.15, -0.1) is 0 Å². The predicted molar refractivity (Wildman–Crippen MR) is 84.8 cm³/mol. The Morgan fingerprint density at radius 2 is 2.14 bits per heavy atom. The number of ketones is 1. The fourth-order valence-electron chi connectivity index (χ4n) is 1.97. The zero-order chi connectivity index (χ0) is 15.8. The molecule has 0 amide bonds. The highest BCUT2D eigenvalue weighted by atomic mass is 32.1. The van der Waals surface area contributed by atoms with Crippen LogP contribution in [0.3, 0.4) is 0 Å². The van der Waals surface area contributed by atoms with E-state index in [1.807, 2.05) is 13.8 Å². The second-order valence-corrected chi connectivity index (χ2v) is 5.73. The molecule has 1 heterocycles. The Labute approximate surface area is 130 Å². The van der Waals surface area contributed by atoms with Crippen LogP contribution in [0.15, 0.2) is 18.6 Å². The molecule has 1 aromatic rings. The summed E-state index contributed by atoms with van der Waals surface area (Å²) >= 11 is 5.11. The summed E-state index contributed by atoms with van der Waals surface area (Å²) < 4.78 is 0. The minimum atomic E-state index is -1.48. The van der Waals surface area contributed by atoms with Gasteiger partial charge < -0.3 is 15.4 Å². The molecule has 1 atom stereocenters. The molecule has 114 valence electrons. The molecule has 3 N–H and O–H groups in total. The Hall–Kier alpha value is -1.38. The van der Waals surface area contributed by atoms with Crippen molar-refractivity contribution in [1.82, 2.24) is 15.3 Å². The van der Waals surface area contributed by atoms with Crippen molar-refractivity contribution >= 4 is 30.1 Å². The minimum Gasteiger partial charge on any atom is -0.427 e. The molecule has 0 aliphatic rings. The van der Waals surface area contributed by atoms with Gasteiger partial charge in [-0.05, 0) is 12.3 Å². The Balaban J connectivity index is 2.44. The van der Waals surface area contributed by atoms with Crippen molar-refractivity contribution in [1.29, 1.82) is 0 Å². The summed E-state index contributed by atoms with van der Waals surface area (Å²) in [4.78, 5) is 20.2. The predicted octanol–water partition coefficient (Wildman–Crippen LogP) is 0.590. The van der Waals surface area contributed by atoms with Gasteiger partial charge >= 0.3 is 7.12 Å². The van der Waals surface area contributed by atoms with Gasteiger partial charge in [0.2, 0.25) is 0 Å². The first kappa shape index (κ1) is 17.7. The molecule has 0 radical (unpaired) electrons. The van der Waals surface area contributed by atoms with Crippen molar-refractivity contribution < 1.29 is 14.8 Å². The van der Waals surface area contributed by atoms with Crippen LogP contribution < -0.4 is 5.32 Å². The molecule has 21 heavy (non-hydrogen) atoms. The summed E-state index contributed by atoms with van der Waals surface area (Å²) in [7, 11) is -1.48. The Morgan fingerprint density at radius 3 is 2.67 bits per heavy atom. The maximum absolute atomic E-state index is 11.9. The molecule has 0 aliphatic heterocycles. The summed E-state index contributed by atoms with van der Waals surface area (Å²) in [5, 5.41) is 21.4. The highest BCUT2D eigenvalue weighted by Gasteiger charge is 2.26. The van der Waals surface area contributed by atoms with E-state index >= 15 is 0 Å². The van der Waals surface area contributed by atoms with Crippen LogP contribution in [-0.2, 0) is 4.79 Å². The molecule has 0 aromatic carbocycles. The Bertz CT molecular complexity index is 471. The van der Waals surface area contributed by atoms with Gasteiger partial charge in [0.05, 0.1) is 12.7 Å². The first-order chi connectivity index (χ1) is 9.90. The zero-order valence-corrected chi connectivity index (χ0v) is 13.0. The molecule has 0 spiro atoms. The van der Waals surface area contributed by atoms with Crippen LogP contribution in [0, 0.1) is 5.92 Å². The number of rotatable bonds is 8. The Morgan fingerprint density at radius 1 is 1.43 bits per heavy atom. The average molecular weight is 309 g/mol. The smallest absolute Gasteiger partial charge is 0.427 e. The molecule has 0 bridgehead atoms. The van der Waals surface area contributed by atoms with E-state index < -0.39 is 12.9 Å². The number of nitrogens with zero attached hydrogens (tertiary/aromatic N) is 2. The van der Waals surface area contributed by atoms with Crippen molar-refractivity contribution in [2.75, 3.05) is 6.54 Å². The Kier molecular flexibility index (Phi) is 7.42. The van der Waals surface area contributed by atoms with Crippen molar-refractivity contribution in [3.63, 3.8) is 0 Å². The molecule has 1 aromatic heterocycles. The number of hydrogen-bond donors (Lipinski definition) is 3. The first-order valence-corrected chi connectivity index (χ1v) is 7.23. The number of carbonyl (C=O) groups is 1. The third-order valence-corrected chi connectivity index (χ3v) is 3.28. The van der Waals surface area contributed by atoms with E-state index in [0.29, 0.717) is 23.0 Å². The van der Waals surface area contributed by atoms with E-state index in [-0.39, 0.29) is 18.7 Å². The van der Waals surface area contributed by atoms with Gasteiger partial charge in [-0.1, -0.05) is 26.1 Å². The number of nitrogens with one attached hydrogen (secondary N) is 1. The lowest BCUT2D eigenvalue weighted by molar-refractivity contribution is -0.118. The number of Topliss-reactive ketones (excluding diaryl/α,β-unsaturated/α-hetero) is 1. The standard InChI is InChI=1S/C13H20BN3O3S/c1-9(2)5-10(14(19)20)6-11(18)7-17-13(21)12-8-15-3-4-16-12/h3-4,8-10,19-20H,5-7H2,1-2H3,(H,17,21)/t10-/m1/s1. The summed E-state index contributed by atoms with van der Waals surface area (Å²) in [6.45, 7) is 3.99. The minimum absolute atomic E-state index is 0.0384. The van der Waals surface area contributed by atoms with Gasteiger partial charge in [-0.25, -0.2) is 0 Å². The lowest BCUT2D eigenvalue weighted by Crippen LogP contribution is -2.32. The maximum atomic E-state index is 11.9. The lowest BCUT2D eigenvalue weighted by Gasteiger charge is -2.17. The molecule has 8 heteroatoms. The van der Waals surface area contributed by atoms with Crippen LogP contribution in [-0.4, -0.2) is 44.5 Å². The molecular weight excluding hydrogens is 289 g/mol. The topological polar surface area (TPSA) is 95.3 Å². The van der Waals surface area contributed by atoms with Crippen molar-refractivity contribution in [3.05, 3.63) is 24.3 Å². The highest BCUT2D eigenvalue weighted by molar-refractivity contribution is 7.80. The van der Waals surface area contributed by atoms with Crippen LogP contribution in [0.25, 0.3) is 0 Å².